The number of aryl methyl sites for hydroxylation is 2. The first-order chi connectivity index (χ1) is 9.72. The molecule has 0 spiro atoms. The van der Waals surface area contributed by atoms with E-state index in [0.29, 0.717) is 11.0 Å². The third-order valence-electron chi connectivity index (χ3n) is 3.74. The molecule has 2 aromatic heterocycles. The number of nitrogens with one attached hydrogen (secondary N) is 2. The van der Waals surface area contributed by atoms with E-state index in [0.717, 1.165) is 29.7 Å². The van der Waals surface area contributed by atoms with Crippen molar-refractivity contribution in [1.29, 1.82) is 0 Å². The first-order valence-corrected chi connectivity index (χ1v) is 6.47. The highest BCUT2D eigenvalue weighted by Crippen LogP contribution is 2.33. The Morgan fingerprint density at radius 2 is 1.85 bits per heavy atom. The number of fused-ring (bicyclic) bond motifs is 4. The lowest BCUT2D eigenvalue weighted by Crippen LogP contribution is -2.23. The Balaban J connectivity index is 2.12. The third-order valence-corrected chi connectivity index (χ3v) is 3.74. The minimum absolute atomic E-state index is 0.358. The Kier molecular flexibility index (Phi) is 2.18. The highest BCUT2D eigenvalue weighted by atomic mass is 16.2. The van der Waals surface area contributed by atoms with Gasteiger partial charge in [-0.1, -0.05) is 24.3 Å². The van der Waals surface area contributed by atoms with Gasteiger partial charge in [-0.3, -0.25) is 14.8 Å². The van der Waals surface area contributed by atoms with E-state index in [1.54, 1.807) is 0 Å². The van der Waals surface area contributed by atoms with E-state index < -0.39 is 11.2 Å². The first kappa shape index (κ1) is 11.2. The van der Waals surface area contributed by atoms with E-state index >= 15 is 0 Å². The van der Waals surface area contributed by atoms with Gasteiger partial charge in [0.15, 0.2) is 0 Å². The van der Waals surface area contributed by atoms with Crippen molar-refractivity contribution in [2.24, 2.45) is 0 Å². The van der Waals surface area contributed by atoms with Crippen LogP contribution in [0.15, 0.2) is 39.9 Å². The van der Waals surface area contributed by atoms with Crippen molar-refractivity contribution in [3.63, 3.8) is 0 Å². The Bertz CT molecular complexity index is 953. The number of aromatic amines is 2. The van der Waals surface area contributed by atoms with Gasteiger partial charge in [0.1, 0.15) is 5.65 Å². The van der Waals surface area contributed by atoms with Crippen LogP contribution < -0.4 is 11.2 Å². The summed E-state index contributed by atoms with van der Waals surface area (Å²) in [4.78, 5) is 32.5. The van der Waals surface area contributed by atoms with Crippen molar-refractivity contribution < 1.29 is 0 Å². The molecule has 0 atom stereocenters. The highest BCUT2D eigenvalue weighted by Gasteiger charge is 2.18. The summed E-state index contributed by atoms with van der Waals surface area (Å²) in [5.74, 6) is 0. The largest absolute Gasteiger partial charge is 0.327 e. The number of pyridine rings is 1. The third kappa shape index (κ3) is 1.53. The fraction of sp³-hybridized carbons (Fsp3) is 0.133. The molecule has 2 N–H and O–H groups in total. The van der Waals surface area contributed by atoms with Crippen LogP contribution in [0.25, 0.3) is 22.2 Å². The Hall–Kier alpha value is -2.69. The normalized spacial score (nSPS) is 13.0. The molecule has 0 fully saturated rings. The summed E-state index contributed by atoms with van der Waals surface area (Å²) in [7, 11) is 0. The van der Waals surface area contributed by atoms with Crippen LogP contribution in [0.1, 0.15) is 11.3 Å². The predicted molar refractivity (Wildman–Crippen MR) is 75.8 cm³/mol. The minimum Gasteiger partial charge on any atom is -0.291 e. The highest BCUT2D eigenvalue weighted by molar-refractivity contribution is 5.83. The summed E-state index contributed by atoms with van der Waals surface area (Å²) in [6, 6.07) is 9.96. The smallest absolute Gasteiger partial charge is 0.291 e. The maximum atomic E-state index is 11.9. The van der Waals surface area contributed by atoms with Crippen LogP contribution in [0.2, 0.25) is 0 Å². The molecular weight excluding hydrogens is 254 g/mol. The number of nitrogens with zero attached hydrogens (tertiary/aromatic N) is 1. The molecule has 1 aromatic carbocycles. The van der Waals surface area contributed by atoms with Gasteiger partial charge >= 0.3 is 5.69 Å². The molecule has 5 heteroatoms. The first-order valence-electron chi connectivity index (χ1n) is 6.47. The quantitative estimate of drug-likeness (QED) is 0.644. The van der Waals surface area contributed by atoms with Crippen LogP contribution in [-0.2, 0) is 12.8 Å². The van der Waals surface area contributed by atoms with Crippen LogP contribution in [-0.4, -0.2) is 15.0 Å². The summed E-state index contributed by atoms with van der Waals surface area (Å²) in [5.41, 5.74) is 3.73. The second-order valence-electron chi connectivity index (χ2n) is 4.94. The number of benzene rings is 1. The summed E-state index contributed by atoms with van der Waals surface area (Å²) >= 11 is 0. The fourth-order valence-electron chi connectivity index (χ4n) is 2.81. The molecule has 20 heavy (non-hydrogen) atoms. The van der Waals surface area contributed by atoms with Crippen molar-refractivity contribution in [3.05, 3.63) is 62.4 Å². The van der Waals surface area contributed by atoms with Crippen molar-refractivity contribution in [3.8, 4) is 11.1 Å². The van der Waals surface area contributed by atoms with Gasteiger partial charge in [0.2, 0.25) is 0 Å². The monoisotopic (exact) mass is 265 g/mol. The summed E-state index contributed by atoms with van der Waals surface area (Å²) in [6.45, 7) is 0. The Labute approximate surface area is 113 Å². The molecule has 0 unspecified atom stereocenters. The molecular formula is C15H11N3O2. The van der Waals surface area contributed by atoms with E-state index in [-0.39, 0.29) is 0 Å². The number of aromatic nitrogens is 3. The van der Waals surface area contributed by atoms with Gasteiger partial charge < -0.3 is 0 Å². The number of hydrogen-bond acceptors (Lipinski definition) is 3. The Morgan fingerprint density at radius 3 is 2.75 bits per heavy atom. The molecule has 0 saturated heterocycles. The molecule has 0 aliphatic heterocycles. The predicted octanol–water partition coefficient (Wildman–Crippen LogP) is 1.38. The molecule has 0 amide bonds. The topological polar surface area (TPSA) is 78.6 Å². The van der Waals surface area contributed by atoms with Gasteiger partial charge in [-0.05, 0) is 30.0 Å². The summed E-state index contributed by atoms with van der Waals surface area (Å²) in [5, 5.41) is 0.417. The standard InChI is InChI=1S/C15H11N3O2/c19-14-11-7-10-9-4-2-1-3-8(9)5-6-12(10)16-13(11)17-15(20)18-14/h1-4,7H,5-6H2,(H2,16,17,18,19,20). The molecule has 0 saturated carbocycles. The van der Waals surface area contributed by atoms with Crippen LogP contribution in [0.3, 0.4) is 0 Å². The summed E-state index contributed by atoms with van der Waals surface area (Å²) in [6.07, 6.45) is 1.74. The lowest BCUT2D eigenvalue weighted by Gasteiger charge is -2.19. The second kappa shape index (κ2) is 3.90. The zero-order valence-corrected chi connectivity index (χ0v) is 10.6. The number of rotatable bonds is 0. The van der Waals surface area contributed by atoms with E-state index in [1.807, 2.05) is 24.3 Å². The Morgan fingerprint density at radius 1 is 1.00 bits per heavy atom. The van der Waals surface area contributed by atoms with E-state index in [4.69, 9.17) is 0 Å². The summed E-state index contributed by atoms with van der Waals surface area (Å²) < 4.78 is 0. The van der Waals surface area contributed by atoms with Gasteiger partial charge in [0.05, 0.1) is 11.1 Å². The zero-order chi connectivity index (χ0) is 13.7. The van der Waals surface area contributed by atoms with Gasteiger partial charge in [-0.25, -0.2) is 9.78 Å². The molecule has 1 aliphatic rings. The molecule has 0 radical (unpaired) electrons. The molecule has 3 aromatic rings. The zero-order valence-electron chi connectivity index (χ0n) is 10.6. The van der Waals surface area contributed by atoms with E-state index in [1.165, 1.54) is 5.56 Å². The van der Waals surface area contributed by atoms with Crippen molar-refractivity contribution >= 4 is 11.0 Å². The van der Waals surface area contributed by atoms with Crippen LogP contribution in [0, 0.1) is 0 Å². The molecule has 5 nitrogen and oxygen atoms in total. The van der Waals surface area contributed by atoms with Crippen LogP contribution >= 0.6 is 0 Å². The second-order valence-corrected chi connectivity index (χ2v) is 4.94. The SMILES string of the molecule is O=c1[nH]c(=O)c2cc3c(nc2[nH]1)CCc1ccccc1-3. The van der Waals surface area contributed by atoms with E-state index in [9.17, 15) is 9.59 Å². The van der Waals surface area contributed by atoms with Gasteiger partial charge in [0.25, 0.3) is 5.56 Å². The van der Waals surface area contributed by atoms with Crippen LogP contribution in [0.5, 0.6) is 0 Å². The molecule has 1 aliphatic carbocycles. The van der Waals surface area contributed by atoms with Crippen molar-refractivity contribution in [1.82, 2.24) is 15.0 Å². The van der Waals surface area contributed by atoms with Gasteiger partial charge in [-0.2, -0.15) is 0 Å². The average Bonchev–Trinajstić information content (AvgIpc) is 2.45. The molecule has 98 valence electrons. The number of hydrogen-bond donors (Lipinski definition) is 2. The maximum Gasteiger partial charge on any atom is 0.327 e. The number of H-pyrrole nitrogens is 2. The van der Waals surface area contributed by atoms with Crippen molar-refractivity contribution in [2.45, 2.75) is 12.8 Å². The molecule has 2 heterocycles. The van der Waals surface area contributed by atoms with E-state index in [2.05, 4.69) is 21.0 Å². The minimum atomic E-state index is -0.522. The lowest BCUT2D eigenvalue weighted by molar-refractivity contribution is 0.898. The van der Waals surface area contributed by atoms with Gasteiger partial charge in [-0.15, -0.1) is 0 Å². The average molecular weight is 265 g/mol. The van der Waals surface area contributed by atoms with Gasteiger partial charge in [0, 0.05) is 5.56 Å². The van der Waals surface area contributed by atoms with Crippen molar-refractivity contribution in [2.75, 3.05) is 0 Å². The molecule has 0 bridgehead atoms. The lowest BCUT2D eigenvalue weighted by atomic mass is 9.88. The van der Waals surface area contributed by atoms with Crippen LogP contribution in [0.4, 0.5) is 0 Å². The fourth-order valence-corrected chi connectivity index (χ4v) is 2.81. The maximum absolute atomic E-state index is 11.9. The molecule has 4 rings (SSSR count).